The first kappa shape index (κ1) is 11.7. The average molecular weight is 259 g/mol. The summed E-state index contributed by atoms with van der Waals surface area (Å²) in [5, 5.41) is 13.0. The Bertz CT molecular complexity index is 582. The standard InChI is InChI=1S/C13H13N3O3/c17-12(18)10-7-4-8-16(10)13-14-11(19-15-13)9-5-2-1-3-6-9/h1-3,5-6,10H,4,7-8H2,(H,17,18). The van der Waals surface area contributed by atoms with Crippen LogP contribution >= 0.6 is 0 Å². The summed E-state index contributed by atoms with van der Waals surface area (Å²) in [5.74, 6) is -0.0843. The number of aromatic nitrogens is 2. The highest BCUT2D eigenvalue weighted by molar-refractivity contribution is 5.78. The Kier molecular flexibility index (Phi) is 2.91. The molecule has 1 aromatic carbocycles. The van der Waals surface area contributed by atoms with Crippen LogP contribution in [0.3, 0.4) is 0 Å². The van der Waals surface area contributed by atoms with E-state index in [0.29, 0.717) is 24.8 Å². The van der Waals surface area contributed by atoms with E-state index in [4.69, 9.17) is 9.63 Å². The first-order chi connectivity index (χ1) is 9.25. The van der Waals surface area contributed by atoms with Crippen molar-refractivity contribution in [1.82, 2.24) is 10.1 Å². The molecule has 0 radical (unpaired) electrons. The highest BCUT2D eigenvalue weighted by Gasteiger charge is 2.33. The van der Waals surface area contributed by atoms with Gasteiger partial charge in [-0.3, -0.25) is 0 Å². The van der Waals surface area contributed by atoms with Gasteiger partial charge in [-0.05, 0) is 30.1 Å². The second kappa shape index (κ2) is 4.72. The van der Waals surface area contributed by atoms with E-state index in [0.717, 1.165) is 12.0 Å². The summed E-state index contributed by atoms with van der Waals surface area (Å²) in [4.78, 5) is 17.1. The largest absolute Gasteiger partial charge is 0.480 e. The lowest BCUT2D eigenvalue weighted by atomic mass is 10.2. The van der Waals surface area contributed by atoms with Gasteiger partial charge in [0.05, 0.1) is 0 Å². The van der Waals surface area contributed by atoms with Crippen LogP contribution in [0.15, 0.2) is 34.9 Å². The molecule has 1 N–H and O–H groups in total. The van der Waals surface area contributed by atoms with Crippen molar-refractivity contribution in [2.24, 2.45) is 0 Å². The molecule has 1 unspecified atom stereocenters. The fourth-order valence-corrected chi connectivity index (χ4v) is 2.29. The molecule has 0 spiro atoms. The summed E-state index contributed by atoms with van der Waals surface area (Å²) in [6.07, 6.45) is 1.44. The lowest BCUT2D eigenvalue weighted by Crippen LogP contribution is -2.36. The maximum absolute atomic E-state index is 11.1. The molecule has 19 heavy (non-hydrogen) atoms. The smallest absolute Gasteiger partial charge is 0.326 e. The fourth-order valence-electron chi connectivity index (χ4n) is 2.29. The summed E-state index contributed by atoms with van der Waals surface area (Å²) in [6.45, 7) is 0.644. The van der Waals surface area contributed by atoms with E-state index in [-0.39, 0.29) is 0 Å². The van der Waals surface area contributed by atoms with Crippen molar-refractivity contribution in [3.05, 3.63) is 30.3 Å². The number of benzene rings is 1. The summed E-state index contributed by atoms with van der Waals surface area (Å²) >= 11 is 0. The molecule has 1 atom stereocenters. The Morgan fingerprint density at radius 3 is 2.89 bits per heavy atom. The van der Waals surface area contributed by atoms with Crippen LogP contribution in [-0.4, -0.2) is 33.8 Å². The van der Waals surface area contributed by atoms with Crippen molar-refractivity contribution in [3.8, 4) is 11.5 Å². The van der Waals surface area contributed by atoms with Crippen LogP contribution in [0.5, 0.6) is 0 Å². The van der Waals surface area contributed by atoms with Crippen LogP contribution in [0.4, 0.5) is 5.95 Å². The van der Waals surface area contributed by atoms with Crippen LogP contribution in [-0.2, 0) is 4.79 Å². The quantitative estimate of drug-likeness (QED) is 0.905. The molecule has 98 valence electrons. The van der Waals surface area contributed by atoms with E-state index < -0.39 is 12.0 Å². The first-order valence-electron chi connectivity index (χ1n) is 6.14. The van der Waals surface area contributed by atoms with Gasteiger partial charge in [-0.1, -0.05) is 18.2 Å². The third-order valence-corrected chi connectivity index (χ3v) is 3.23. The number of aliphatic carboxylic acids is 1. The zero-order chi connectivity index (χ0) is 13.2. The minimum Gasteiger partial charge on any atom is -0.480 e. The van der Waals surface area contributed by atoms with Gasteiger partial charge >= 0.3 is 5.97 Å². The minimum atomic E-state index is -0.844. The van der Waals surface area contributed by atoms with E-state index in [1.165, 1.54) is 0 Å². The summed E-state index contributed by atoms with van der Waals surface area (Å²) < 4.78 is 5.20. The Morgan fingerprint density at radius 1 is 1.37 bits per heavy atom. The predicted molar refractivity (Wildman–Crippen MR) is 67.7 cm³/mol. The topological polar surface area (TPSA) is 79.5 Å². The second-order valence-electron chi connectivity index (χ2n) is 4.46. The molecule has 1 aliphatic rings. The molecule has 6 nitrogen and oxygen atoms in total. The molecule has 0 bridgehead atoms. The molecular formula is C13H13N3O3. The predicted octanol–water partition coefficient (Wildman–Crippen LogP) is 1.79. The number of anilines is 1. The molecule has 0 aliphatic carbocycles. The molecule has 0 saturated carbocycles. The Morgan fingerprint density at radius 2 is 2.16 bits per heavy atom. The SMILES string of the molecule is O=C(O)C1CCCN1c1noc(-c2ccccc2)n1. The van der Waals surface area contributed by atoms with E-state index in [1.807, 2.05) is 30.3 Å². The summed E-state index contributed by atoms with van der Waals surface area (Å²) in [6, 6.07) is 8.86. The monoisotopic (exact) mass is 259 g/mol. The van der Waals surface area contributed by atoms with E-state index in [9.17, 15) is 4.79 Å². The number of nitrogens with zero attached hydrogens (tertiary/aromatic N) is 3. The maximum Gasteiger partial charge on any atom is 0.326 e. The highest BCUT2D eigenvalue weighted by Crippen LogP contribution is 2.25. The van der Waals surface area contributed by atoms with Crippen molar-refractivity contribution >= 4 is 11.9 Å². The van der Waals surface area contributed by atoms with E-state index >= 15 is 0 Å². The van der Waals surface area contributed by atoms with Crippen molar-refractivity contribution in [3.63, 3.8) is 0 Å². The van der Waals surface area contributed by atoms with E-state index in [1.54, 1.807) is 4.90 Å². The summed E-state index contributed by atoms with van der Waals surface area (Å²) in [7, 11) is 0. The molecule has 1 fully saturated rings. The molecule has 1 aromatic heterocycles. The summed E-state index contributed by atoms with van der Waals surface area (Å²) in [5.41, 5.74) is 0.826. The lowest BCUT2D eigenvalue weighted by molar-refractivity contribution is -0.138. The van der Waals surface area contributed by atoms with Gasteiger partial charge in [-0.25, -0.2) is 4.79 Å². The molecule has 0 amide bonds. The molecule has 2 heterocycles. The van der Waals surface area contributed by atoms with Crippen molar-refractivity contribution in [1.29, 1.82) is 0 Å². The number of carbonyl (C=O) groups is 1. The van der Waals surface area contributed by atoms with Gasteiger partial charge in [0.25, 0.3) is 11.8 Å². The number of hydrogen-bond acceptors (Lipinski definition) is 5. The van der Waals surface area contributed by atoms with Gasteiger partial charge in [0.2, 0.25) is 0 Å². The Labute approximate surface area is 109 Å². The van der Waals surface area contributed by atoms with Gasteiger partial charge < -0.3 is 14.5 Å². The third kappa shape index (κ3) is 2.16. The average Bonchev–Trinajstić information content (AvgIpc) is 3.08. The first-order valence-corrected chi connectivity index (χ1v) is 6.14. The van der Waals surface area contributed by atoms with E-state index in [2.05, 4.69) is 10.1 Å². The normalized spacial score (nSPS) is 18.7. The molecule has 3 rings (SSSR count). The third-order valence-electron chi connectivity index (χ3n) is 3.23. The van der Waals surface area contributed by atoms with Crippen LogP contribution < -0.4 is 4.90 Å². The molecule has 1 saturated heterocycles. The number of carboxylic acids is 1. The Hall–Kier alpha value is -2.37. The molecule has 6 heteroatoms. The molecule has 2 aromatic rings. The fraction of sp³-hybridized carbons (Fsp3) is 0.308. The van der Waals surface area contributed by atoms with Gasteiger partial charge in [-0.2, -0.15) is 4.98 Å². The van der Waals surface area contributed by atoms with Crippen LogP contribution in [0.2, 0.25) is 0 Å². The van der Waals surface area contributed by atoms with Gasteiger partial charge in [0, 0.05) is 12.1 Å². The number of rotatable bonds is 3. The van der Waals surface area contributed by atoms with Crippen LogP contribution in [0, 0.1) is 0 Å². The number of hydrogen-bond donors (Lipinski definition) is 1. The molecular weight excluding hydrogens is 246 g/mol. The van der Waals surface area contributed by atoms with Gasteiger partial charge in [-0.15, -0.1) is 0 Å². The highest BCUT2D eigenvalue weighted by atomic mass is 16.5. The molecule has 1 aliphatic heterocycles. The van der Waals surface area contributed by atoms with Gasteiger partial charge in [0.15, 0.2) is 0 Å². The minimum absolute atomic E-state index is 0.351. The van der Waals surface area contributed by atoms with Crippen LogP contribution in [0.25, 0.3) is 11.5 Å². The van der Waals surface area contributed by atoms with Gasteiger partial charge in [0.1, 0.15) is 6.04 Å². The maximum atomic E-state index is 11.1. The van der Waals surface area contributed by atoms with Crippen molar-refractivity contribution in [2.75, 3.05) is 11.4 Å². The number of carboxylic acid groups (broad SMARTS) is 1. The van der Waals surface area contributed by atoms with Crippen molar-refractivity contribution < 1.29 is 14.4 Å². The second-order valence-corrected chi connectivity index (χ2v) is 4.46. The zero-order valence-corrected chi connectivity index (χ0v) is 10.2. The zero-order valence-electron chi connectivity index (χ0n) is 10.2. The lowest BCUT2D eigenvalue weighted by Gasteiger charge is -2.18. The van der Waals surface area contributed by atoms with Crippen LogP contribution in [0.1, 0.15) is 12.8 Å². The van der Waals surface area contributed by atoms with Crippen molar-refractivity contribution in [2.45, 2.75) is 18.9 Å². The Balaban J connectivity index is 1.87.